The van der Waals surface area contributed by atoms with Gasteiger partial charge in [0, 0.05) is 24.4 Å². The van der Waals surface area contributed by atoms with E-state index in [9.17, 15) is 0 Å². The molecule has 1 rings (SSSR count). The molecule has 15 heavy (non-hydrogen) atoms. The second-order valence-electron chi connectivity index (χ2n) is 3.62. The van der Waals surface area contributed by atoms with E-state index < -0.39 is 0 Å². The standard InChI is InChI=1S/C13H18N2/c1-4-5-6-9-13(14-3)12-8-7-10-15-11(12)2/h1,7-8,10,13-14H,5-6,9H2,2-3H3. The van der Waals surface area contributed by atoms with Crippen molar-refractivity contribution >= 4 is 0 Å². The zero-order valence-corrected chi connectivity index (χ0v) is 9.46. The maximum Gasteiger partial charge on any atom is 0.0420 e. The summed E-state index contributed by atoms with van der Waals surface area (Å²) in [6, 6.07) is 4.47. The van der Waals surface area contributed by atoms with E-state index >= 15 is 0 Å². The van der Waals surface area contributed by atoms with Gasteiger partial charge in [0.2, 0.25) is 0 Å². The highest BCUT2D eigenvalue weighted by Gasteiger charge is 2.10. The lowest BCUT2D eigenvalue weighted by Gasteiger charge is -2.17. The van der Waals surface area contributed by atoms with Crippen molar-refractivity contribution in [3.63, 3.8) is 0 Å². The van der Waals surface area contributed by atoms with Gasteiger partial charge in [0.1, 0.15) is 0 Å². The molecule has 1 aromatic rings. The Morgan fingerprint density at radius 2 is 2.40 bits per heavy atom. The minimum atomic E-state index is 0.368. The molecular formula is C13H18N2. The molecule has 0 aromatic carbocycles. The van der Waals surface area contributed by atoms with Gasteiger partial charge in [-0.1, -0.05) is 6.07 Å². The van der Waals surface area contributed by atoms with Crippen LogP contribution >= 0.6 is 0 Å². The summed E-state index contributed by atoms with van der Waals surface area (Å²) in [5.74, 6) is 2.67. The van der Waals surface area contributed by atoms with E-state index in [2.05, 4.69) is 22.3 Å². The quantitative estimate of drug-likeness (QED) is 0.586. The van der Waals surface area contributed by atoms with Crippen molar-refractivity contribution in [1.29, 1.82) is 0 Å². The molecule has 1 N–H and O–H groups in total. The number of pyridine rings is 1. The van der Waals surface area contributed by atoms with Crippen LogP contribution in [-0.2, 0) is 0 Å². The van der Waals surface area contributed by atoms with Crippen LogP contribution in [0.3, 0.4) is 0 Å². The molecule has 1 unspecified atom stereocenters. The fourth-order valence-corrected chi connectivity index (χ4v) is 1.73. The average molecular weight is 202 g/mol. The Hall–Kier alpha value is -1.33. The Morgan fingerprint density at radius 1 is 1.60 bits per heavy atom. The van der Waals surface area contributed by atoms with Gasteiger partial charge in [-0.2, -0.15) is 0 Å². The molecule has 0 aliphatic heterocycles. The third-order valence-electron chi connectivity index (χ3n) is 2.59. The summed E-state index contributed by atoms with van der Waals surface area (Å²) in [7, 11) is 1.98. The van der Waals surface area contributed by atoms with E-state index in [-0.39, 0.29) is 0 Å². The smallest absolute Gasteiger partial charge is 0.0420 e. The minimum absolute atomic E-state index is 0.368. The monoisotopic (exact) mass is 202 g/mol. The van der Waals surface area contributed by atoms with Crippen molar-refractivity contribution in [2.24, 2.45) is 0 Å². The third-order valence-corrected chi connectivity index (χ3v) is 2.59. The molecular weight excluding hydrogens is 184 g/mol. The van der Waals surface area contributed by atoms with Crippen molar-refractivity contribution < 1.29 is 0 Å². The molecule has 0 amide bonds. The Balaban J connectivity index is 2.66. The predicted molar refractivity (Wildman–Crippen MR) is 63.5 cm³/mol. The van der Waals surface area contributed by atoms with Gasteiger partial charge in [-0.3, -0.25) is 4.98 Å². The van der Waals surface area contributed by atoms with Crippen LogP contribution in [0, 0.1) is 19.3 Å². The van der Waals surface area contributed by atoms with E-state index in [1.54, 1.807) is 0 Å². The van der Waals surface area contributed by atoms with Crippen LogP contribution in [0.5, 0.6) is 0 Å². The van der Waals surface area contributed by atoms with Gasteiger partial charge in [0.05, 0.1) is 0 Å². The summed E-state index contributed by atoms with van der Waals surface area (Å²) in [5.41, 5.74) is 2.37. The number of terminal acetylenes is 1. The van der Waals surface area contributed by atoms with Gasteiger partial charge >= 0.3 is 0 Å². The van der Waals surface area contributed by atoms with Crippen molar-refractivity contribution in [2.45, 2.75) is 32.2 Å². The molecule has 1 aromatic heterocycles. The second kappa shape index (κ2) is 6.21. The van der Waals surface area contributed by atoms with Crippen LogP contribution in [0.4, 0.5) is 0 Å². The second-order valence-corrected chi connectivity index (χ2v) is 3.62. The molecule has 0 spiro atoms. The number of unbranched alkanes of at least 4 members (excludes halogenated alkanes) is 1. The third kappa shape index (κ3) is 3.38. The number of aromatic nitrogens is 1. The van der Waals surface area contributed by atoms with Gasteiger partial charge in [0.15, 0.2) is 0 Å². The zero-order chi connectivity index (χ0) is 11.1. The Morgan fingerprint density at radius 3 is 3.00 bits per heavy atom. The fourth-order valence-electron chi connectivity index (χ4n) is 1.73. The van der Waals surface area contributed by atoms with Gasteiger partial charge < -0.3 is 5.32 Å². The first-order valence-corrected chi connectivity index (χ1v) is 5.31. The lowest BCUT2D eigenvalue weighted by molar-refractivity contribution is 0.528. The van der Waals surface area contributed by atoms with Crippen molar-refractivity contribution in [1.82, 2.24) is 10.3 Å². The average Bonchev–Trinajstić information content (AvgIpc) is 2.26. The molecule has 0 aliphatic rings. The molecule has 1 atom stereocenters. The summed E-state index contributed by atoms with van der Waals surface area (Å²) >= 11 is 0. The van der Waals surface area contributed by atoms with Gasteiger partial charge in [0.25, 0.3) is 0 Å². The Labute approximate surface area is 92.1 Å². The molecule has 1 heterocycles. The summed E-state index contributed by atoms with van der Waals surface area (Å²) in [6.07, 6.45) is 10.0. The van der Waals surface area contributed by atoms with Crippen LogP contribution in [-0.4, -0.2) is 12.0 Å². The molecule has 2 heteroatoms. The highest BCUT2D eigenvalue weighted by atomic mass is 14.9. The molecule has 0 saturated heterocycles. The van der Waals surface area contributed by atoms with Gasteiger partial charge in [-0.15, -0.1) is 12.3 Å². The van der Waals surface area contributed by atoms with Crippen molar-refractivity contribution in [3.05, 3.63) is 29.6 Å². The first-order valence-electron chi connectivity index (χ1n) is 5.31. The predicted octanol–water partition coefficient (Wildman–Crippen LogP) is 2.45. The van der Waals surface area contributed by atoms with Crippen LogP contribution in [0.1, 0.15) is 36.6 Å². The highest BCUT2D eigenvalue weighted by molar-refractivity contribution is 5.22. The molecule has 0 fully saturated rings. The number of nitrogens with one attached hydrogen (secondary N) is 1. The summed E-state index contributed by atoms with van der Waals surface area (Å²) in [6.45, 7) is 2.04. The molecule has 0 saturated carbocycles. The van der Waals surface area contributed by atoms with E-state index in [0.29, 0.717) is 6.04 Å². The molecule has 0 aliphatic carbocycles. The Kier molecular flexibility index (Phi) is 4.86. The number of nitrogens with zero attached hydrogens (tertiary/aromatic N) is 1. The van der Waals surface area contributed by atoms with Crippen LogP contribution in [0.25, 0.3) is 0 Å². The topological polar surface area (TPSA) is 24.9 Å². The van der Waals surface area contributed by atoms with Gasteiger partial charge in [-0.25, -0.2) is 0 Å². The number of rotatable bonds is 5. The van der Waals surface area contributed by atoms with E-state index in [4.69, 9.17) is 6.42 Å². The number of hydrogen-bond donors (Lipinski definition) is 1. The minimum Gasteiger partial charge on any atom is -0.313 e. The molecule has 2 nitrogen and oxygen atoms in total. The SMILES string of the molecule is C#CCCCC(NC)c1cccnc1C. The fraction of sp³-hybridized carbons (Fsp3) is 0.462. The van der Waals surface area contributed by atoms with E-state index in [0.717, 1.165) is 25.0 Å². The highest BCUT2D eigenvalue weighted by Crippen LogP contribution is 2.20. The van der Waals surface area contributed by atoms with Crippen LogP contribution in [0.2, 0.25) is 0 Å². The largest absolute Gasteiger partial charge is 0.313 e. The lowest BCUT2D eigenvalue weighted by atomic mass is 10.0. The zero-order valence-electron chi connectivity index (χ0n) is 9.46. The van der Waals surface area contributed by atoms with Crippen LogP contribution in [0.15, 0.2) is 18.3 Å². The summed E-state index contributed by atoms with van der Waals surface area (Å²) in [4.78, 5) is 4.30. The van der Waals surface area contributed by atoms with Crippen LogP contribution < -0.4 is 5.32 Å². The summed E-state index contributed by atoms with van der Waals surface area (Å²) in [5, 5.41) is 3.31. The maximum atomic E-state index is 5.24. The van der Waals surface area contributed by atoms with Crippen molar-refractivity contribution in [3.8, 4) is 12.3 Å². The molecule has 0 radical (unpaired) electrons. The van der Waals surface area contributed by atoms with Gasteiger partial charge in [-0.05, 0) is 38.4 Å². The summed E-state index contributed by atoms with van der Waals surface area (Å²) < 4.78 is 0. The number of hydrogen-bond acceptors (Lipinski definition) is 2. The molecule has 0 bridgehead atoms. The maximum absolute atomic E-state index is 5.24. The number of aryl methyl sites for hydroxylation is 1. The van der Waals surface area contributed by atoms with E-state index in [1.807, 2.05) is 26.2 Å². The Bertz CT molecular complexity index is 339. The molecule has 80 valence electrons. The first-order chi connectivity index (χ1) is 7.29. The van der Waals surface area contributed by atoms with Crippen molar-refractivity contribution in [2.75, 3.05) is 7.05 Å². The first kappa shape index (κ1) is 11.7. The van der Waals surface area contributed by atoms with E-state index in [1.165, 1.54) is 5.56 Å². The lowest BCUT2D eigenvalue weighted by Crippen LogP contribution is -2.17. The normalized spacial score (nSPS) is 12.1.